The number of benzene rings is 2. The molecule has 2 aromatic rings. The van der Waals surface area contributed by atoms with Crippen LogP contribution in [0.25, 0.3) is 0 Å². The summed E-state index contributed by atoms with van der Waals surface area (Å²) in [6.45, 7) is 7.77. The monoisotopic (exact) mass is 467 g/mol. The number of nitrogens with zero attached hydrogens (tertiary/aromatic N) is 1. The van der Waals surface area contributed by atoms with Crippen LogP contribution in [0.1, 0.15) is 62.5 Å². The number of carbonyl (C=O) groups is 3. The topological polar surface area (TPSA) is 87.7 Å². The van der Waals surface area contributed by atoms with Crippen molar-refractivity contribution in [1.82, 2.24) is 10.2 Å². The van der Waals surface area contributed by atoms with Gasteiger partial charge in [0.15, 0.2) is 0 Å². The average molecular weight is 468 g/mol. The van der Waals surface area contributed by atoms with Gasteiger partial charge < -0.3 is 15.4 Å². The molecule has 0 saturated heterocycles. The Kier molecular flexibility index (Phi) is 8.04. The number of allylic oxidation sites excluding steroid dienone is 1. The molecule has 8 heteroatoms. The molecule has 1 aliphatic rings. The number of ether oxygens (including phenoxy) is 1. The first-order valence-electron chi connectivity index (χ1n) is 11.4. The van der Waals surface area contributed by atoms with Gasteiger partial charge in [-0.2, -0.15) is 0 Å². The summed E-state index contributed by atoms with van der Waals surface area (Å²) in [5.74, 6) is -1.74. The van der Waals surface area contributed by atoms with Gasteiger partial charge in [0.1, 0.15) is 5.82 Å². The minimum atomic E-state index is -0.762. The summed E-state index contributed by atoms with van der Waals surface area (Å²) in [6.07, 6.45) is 1.36. The molecule has 0 spiro atoms. The number of nitrogens with one attached hydrogen (secondary N) is 2. The van der Waals surface area contributed by atoms with Crippen LogP contribution in [0, 0.1) is 5.82 Å². The third kappa shape index (κ3) is 5.62. The second-order valence-corrected chi connectivity index (χ2v) is 8.40. The molecule has 180 valence electrons. The summed E-state index contributed by atoms with van der Waals surface area (Å²) in [5, 5.41) is 5.58. The molecule has 3 amide bonds. The van der Waals surface area contributed by atoms with E-state index >= 15 is 0 Å². The van der Waals surface area contributed by atoms with E-state index in [1.807, 2.05) is 6.92 Å². The number of esters is 1. The highest BCUT2D eigenvalue weighted by Gasteiger charge is 2.36. The summed E-state index contributed by atoms with van der Waals surface area (Å²) in [6, 6.07) is 11.4. The zero-order chi connectivity index (χ0) is 24.8. The fraction of sp³-hybridized carbons (Fsp3) is 0.346. The van der Waals surface area contributed by atoms with Gasteiger partial charge in [-0.1, -0.05) is 37.6 Å². The van der Waals surface area contributed by atoms with E-state index in [2.05, 4.69) is 10.6 Å². The fourth-order valence-electron chi connectivity index (χ4n) is 3.80. The summed E-state index contributed by atoms with van der Waals surface area (Å²) in [5.41, 5.74) is 1.78. The number of halogens is 1. The molecule has 0 saturated carbocycles. The van der Waals surface area contributed by atoms with Crippen LogP contribution in [0.3, 0.4) is 0 Å². The summed E-state index contributed by atoms with van der Waals surface area (Å²) >= 11 is 0. The maximum absolute atomic E-state index is 14.0. The van der Waals surface area contributed by atoms with Crippen LogP contribution in [0.15, 0.2) is 59.8 Å². The molecule has 3 rings (SSSR count). The first kappa shape index (κ1) is 25.0. The van der Waals surface area contributed by atoms with Crippen LogP contribution in [0.4, 0.5) is 14.9 Å². The Labute approximate surface area is 199 Å². The van der Waals surface area contributed by atoms with Crippen molar-refractivity contribution in [1.29, 1.82) is 0 Å². The molecule has 7 nitrogen and oxygen atoms in total. The third-order valence-corrected chi connectivity index (χ3v) is 5.49. The third-order valence-electron chi connectivity index (χ3n) is 5.49. The zero-order valence-electron chi connectivity index (χ0n) is 19.9. The predicted octanol–water partition coefficient (Wildman–Crippen LogP) is 5.17. The number of unbranched alkanes of at least 4 members (excludes halogenated alkanes) is 1. The van der Waals surface area contributed by atoms with Gasteiger partial charge >= 0.3 is 12.0 Å². The molecule has 34 heavy (non-hydrogen) atoms. The molecule has 0 aromatic heterocycles. The Bertz CT molecular complexity index is 1110. The fourth-order valence-corrected chi connectivity index (χ4v) is 3.80. The Morgan fingerprint density at radius 1 is 1.18 bits per heavy atom. The molecule has 1 heterocycles. The highest BCUT2D eigenvalue weighted by Crippen LogP contribution is 2.33. The highest BCUT2D eigenvalue weighted by atomic mass is 19.1. The van der Waals surface area contributed by atoms with Gasteiger partial charge in [-0.3, -0.25) is 9.69 Å². The lowest BCUT2D eigenvalue weighted by molar-refractivity contribution is -0.143. The zero-order valence-corrected chi connectivity index (χ0v) is 19.9. The lowest BCUT2D eigenvalue weighted by Gasteiger charge is -2.35. The van der Waals surface area contributed by atoms with Crippen molar-refractivity contribution in [3.63, 3.8) is 0 Å². The van der Waals surface area contributed by atoms with E-state index in [0.29, 0.717) is 29.1 Å². The molecule has 0 aliphatic carbocycles. The Morgan fingerprint density at radius 2 is 1.91 bits per heavy atom. The van der Waals surface area contributed by atoms with Crippen LogP contribution < -0.4 is 10.6 Å². The van der Waals surface area contributed by atoms with Gasteiger partial charge in [-0.05, 0) is 57.0 Å². The normalized spacial score (nSPS) is 15.9. The number of urea groups is 1. The quantitative estimate of drug-likeness (QED) is 0.525. The van der Waals surface area contributed by atoms with Crippen molar-refractivity contribution < 1.29 is 23.5 Å². The van der Waals surface area contributed by atoms with Gasteiger partial charge in [-0.25, -0.2) is 14.0 Å². The van der Waals surface area contributed by atoms with Crippen molar-refractivity contribution >= 4 is 23.6 Å². The Balaban J connectivity index is 1.95. The van der Waals surface area contributed by atoms with Crippen molar-refractivity contribution in [2.75, 3.05) is 11.9 Å². The summed E-state index contributed by atoms with van der Waals surface area (Å²) in [4.78, 5) is 40.0. The lowest BCUT2D eigenvalue weighted by Crippen LogP contribution is -2.48. The summed E-state index contributed by atoms with van der Waals surface area (Å²) < 4.78 is 19.5. The maximum atomic E-state index is 14.0. The molecule has 1 aliphatic heterocycles. The second-order valence-electron chi connectivity index (χ2n) is 8.40. The van der Waals surface area contributed by atoms with E-state index in [9.17, 15) is 18.8 Å². The van der Waals surface area contributed by atoms with Crippen molar-refractivity contribution in [2.24, 2.45) is 0 Å². The number of anilines is 1. The molecule has 1 unspecified atom stereocenters. The van der Waals surface area contributed by atoms with Gasteiger partial charge in [0.2, 0.25) is 0 Å². The SMILES string of the molecule is CCCCN1C(=O)NC(c2cccc(NC(=O)c3ccccc3F)c2)C(C(=O)OC(C)C)=C1C. The molecule has 0 bridgehead atoms. The molecule has 2 aromatic carbocycles. The Morgan fingerprint density at radius 3 is 2.59 bits per heavy atom. The average Bonchev–Trinajstić information content (AvgIpc) is 2.78. The molecule has 1 atom stereocenters. The number of hydrogen-bond donors (Lipinski definition) is 2. The summed E-state index contributed by atoms with van der Waals surface area (Å²) in [7, 11) is 0. The van der Waals surface area contributed by atoms with E-state index in [1.54, 1.807) is 56.0 Å². The van der Waals surface area contributed by atoms with E-state index < -0.39 is 23.7 Å². The van der Waals surface area contributed by atoms with E-state index in [-0.39, 0.29) is 17.7 Å². The first-order valence-corrected chi connectivity index (χ1v) is 11.4. The van der Waals surface area contributed by atoms with Crippen molar-refractivity contribution in [3.05, 3.63) is 76.7 Å². The minimum Gasteiger partial charge on any atom is -0.459 e. The molecule has 0 fully saturated rings. The van der Waals surface area contributed by atoms with Crippen LogP contribution in [0.2, 0.25) is 0 Å². The first-order chi connectivity index (χ1) is 16.2. The number of amides is 3. The van der Waals surface area contributed by atoms with Gasteiger partial charge in [0.25, 0.3) is 5.91 Å². The van der Waals surface area contributed by atoms with Crippen LogP contribution in [0.5, 0.6) is 0 Å². The van der Waals surface area contributed by atoms with Crippen molar-refractivity contribution in [3.8, 4) is 0 Å². The van der Waals surface area contributed by atoms with Crippen LogP contribution in [-0.4, -0.2) is 35.5 Å². The molecule has 2 N–H and O–H groups in total. The van der Waals surface area contributed by atoms with Crippen LogP contribution >= 0.6 is 0 Å². The predicted molar refractivity (Wildman–Crippen MR) is 128 cm³/mol. The molecular formula is C26H30FN3O4. The number of carbonyl (C=O) groups excluding carboxylic acids is 3. The molecular weight excluding hydrogens is 437 g/mol. The van der Waals surface area contributed by atoms with E-state index in [1.165, 1.54) is 18.2 Å². The smallest absolute Gasteiger partial charge is 0.338 e. The van der Waals surface area contributed by atoms with E-state index in [0.717, 1.165) is 12.8 Å². The number of rotatable bonds is 8. The van der Waals surface area contributed by atoms with Gasteiger partial charge in [-0.15, -0.1) is 0 Å². The molecule has 0 radical (unpaired) electrons. The lowest BCUT2D eigenvalue weighted by atomic mass is 9.94. The number of hydrogen-bond acceptors (Lipinski definition) is 4. The largest absolute Gasteiger partial charge is 0.459 e. The highest BCUT2D eigenvalue weighted by molar-refractivity contribution is 6.04. The maximum Gasteiger partial charge on any atom is 0.338 e. The van der Waals surface area contributed by atoms with Gasteiger partial charge in [0.05, 0.1) is 23.3 Å². The van der Waals surface area contributed by atoms with Crippen LogP contribution in [-0.2, 0) is 9.53 Å². The second kappa shape index (κ2) is 11.0. The standard InChI is InChI=1S/C26H30FN3O4/c1-5-6-14-30-17(4)22(25(32)34-16(2)3)23(29-26(30)33)18-10-9-11-19(15-18)28-24(31)20-12-7-8-13-21(20)27/h7-13,15-16,23H,5-6,14H2,1-4H3,(H,28,31)(H,29,33). The Hall–Kier alpha value is -3.68. The minimum absolute atomic E-state index is 0.0811. The van der Waals surface area contributed by atoms with Crippen molar-refractivity contribution in [2.45, 2.75) is 52.7 Å². The van der Waals surface area contributed by atoms with Gasteiger partial charge in [0, 0.05) is 17.9 Å². The van der Waals surface area contributed by atoms with E-state index in [4.69, 9.17) is 4.74 Å².